The van der Waals surface area contributed by atoms with Gasteiger partial charge < -0.3 is 10.5 Å². The number of nitrogen functional groups attached to an aromatic ring is 1. The number of ether oxygens (including phenoxy) is 1. The van der Waals surface area contributed by atoms with E-state index in [9.17, 15) is 4.79 Å². The van der Waals surface area contributed by atoms with E-state index < -0.39 is 5.97 Å². The number of carbonyl (C=O) groups is 1. The number of hydrogen-bond donors (Lipinski definition) is 1. The van der Waals surface area contributed by atoms with Crippen LogP contribution in [0.15, 0.2) is 30.5 Å². The van der Waals surface area contributed by atoms with Gasteiger partial charge in [0.1, 0.15) is 0 Å². The molecule has 0 atom stereocenters. The smallest absolute Gasteiger partial charge is 0.359 e. The van der Waals surface area contributed by atoms with Gasteiger partial charge in [0.2, 0.25) is 0 Å². The summed E-state index contributed by atoms with van der Waals surface area (Å²) in [6.45, 7) is 1.97. The SMILES string of the molecule is C#Cc1cccc(-c2ncc(N)c(C(=O)OCC)n2)c1. The summed E-state index contributed by atoms with van der Waals surface area (Å²) >= 11 is 0. The molecular weight excluding hydrogens is 254 g/mol. The minimum Gasteiger partial charge on any atom is -0.461 e. The van der Waals surface area contributed by atoms with Crippen molar-refractivity contribution in [1.82, 2.24) is 9.97 Å². The summed E-state index contributed by atoms with van der Waals surface area (Å²) in [5, 5.41) is 0. The summed E-state index contributed by atoms with van der Waals surface area (Å²) in [5.74, 6) is 2.34. The molecule has 2 rings (SSSR count). The fourth-order valence-electron chi connectivity index (χ4n) is 1.64. The fourth-order valence-corrected chi connectivity index (χ4v) is 1.64. The molecule has 2 N–H and O–H groups in total. The maximum Gasteiger partial charge on any atom is 0.359 e. The fraction of sp³-hybridized carbons (Fsp3) is 0.133. The second-order valence-electron chi connectivity index (χ2n) is 3.94. The molecule has 0 saturated carbocycles. The van der Waals surface area contributed by atoms with Crippen LogP contribution >= 0.6 is 0 Å². The van der Waals surface area contributed by atoms with Crippen molar-refractivity contribution in [2.45, 2.75) is 6.92 Å². The van der Waals surface area contributed by atoms with Crippen LogP contribution in [0, 0.1) is 12.3 Å². The molecule has 0 aliphatic heterocycles. The van der Waals surface area contributed by atoms with E-state index in [1.54, 1.807) is 31.2 Å². The van der Waals surface area contributed by atoms with Crippen molar-refractivity contribution in [3.05, 3.63) is 41.7 Å². The van der Waals surface area contributed by atoms with Gasteiger partial charge in [-0.05, 0) is 19.1 Å². The first-order valence-corrected chi connectivity index (χ1v) is 6.02. The lowest BCUT2D eigenvalue weighted by atomic mass is 10.1. The lowest BCUT2D eigenvalue weighted by Crippen LogP contribution is -2.11. The number of terminal acetylenes is 1. The van der Waals surface area contributed by atoms with Crippen LogP contribution in [0.5, 0.6) is 0 Å². The number of nitrogens with two attached hydrogens (primary N) is 1. The molecule has 0 amide bonds. The Hall–Kier alpha value is -2.87. The van der Waals surface area contributed by atoms with E-state index >= 15 is 0 Å². The standard InChI is InChI=1S/C15H13N3O2/c1-3-10-6-5-7-11(8-10)14-17-9-12(16)13(18-14)15(19)20-4-2/h1,5-9H,4,16H2,2H3. The Morgan fingerprint density at radius 2 is 2.30 bits per heavy atom. The van der Waals surface area contributed by atoms with E-state index in [2.05, 4.69) is 15.9 Å². The molecule has 5 heteroatoms. The van der Waals surface area contributed by atoms with Crippen LogP contribution in [0.25, 0.3) is 11.4 Å². The molecule has 0 fully saturated rings. The van der Waals surface area contributed by atoms with Crippen molar-refractivity contribution in [2.75, 3.05) is 12.3 Å². The predicted molar refractivity (Wildman–Crippen MR) is 75.8 cm³/mol. The van der Waals surface area contributed by atoms with Gasteiger partial charge in [0, 0.05) is 11.1 Å². The van der Waals surface area contributed by atoms with Crippen molar-refractivity contribution < 1.29 is 9.53 Å². The normalized spacial score (nSPS) is 9.80. The van der Waals surface area contributed by atoms with E-state index in [-0.39, 0.29) is 18.0 Å². The number of anilines is 1. The summed E-state index contributed by atoms with van der Waals surface area (Å²) in [5.41, 5.74) is 7.36. The van der Waals surface area contributed by atoms with Gasteiger partial charge in [0.25, 0.3) is 0 Å². The van der Waals surface area contributed by atoms with Gasteiger partial charge in [-0.15, -0.1) is 6.42 Å². The van der Waals surface area contributed by atoms with Gasteiger partial charge >= 0.3 is 5.97 Å². The number of nitrogens with zero attached hydrogens (tertiary/aromatic N) is 2. The molecule has 0 radical (unpaired) electrons. The number of carbonyl (C=O) groups excluding carboxylic acids is 1. The number of hydrogen-bond acceptors (Lipinski definition) is 5. The van der Waals surface area contributed by atoms with Gasteiger partial charge in [-0.1, -0.05) is 18.1 Å². The quantitative estimate of drug-likeness (QED) is 0.678. The van der Waals surface area contributed by atoms with Crippen molar-refractivity contribution >= 4 is 11.7 Å². The third kappa shape index (κ3) is 2.75. The Labute approximate surface area is 116 Å². The zero-order valence-corrected chi connectivity index (χ0v) is 11.0. The van der Waals surface area contributed by atoms with Gasteiger partial charge in [0.15, 0.2) is 11.5 Å². The van der Waals surface area contributed by atoms with Gasteiger partial charge in [-0.3, -0.25) is 0 Å². The third-order valence-electron chi connectivity index (χ3n) is 2.57. The molecule has 0 saturated heterocycles. The highest BCUT2D eigenvalue weighted by Gasteiger charge is 2.15. The molecule has 0 unspecified atom stereocenters. The summed E-state index contributed by atoms with van der Waals surface area (Å²) in [6.07, 6.45) is 6.74. The van der Waals surface area contributed by atoms with Crippen LogP contribution in [0.3, 0.4) is 0 Å². The van der Waals surface area contributed by atoms with Crippen LogP contribution in [-0.2, 0) is 4.74 Å². The van der Waals surface area contributed by atoms with Gasteiger partial charge in [0.05, 0.1) is 18.5 Å². The summed E-state index contributed by atoms with van der Waals surface area (Å²) in [6, 6.07) is 7.17. The molecule has 0 spiro atoms. The maximum atomic E-state index is 11.7. The lowest BCUT2D eigenvalue weighted by molar-refractivity contribution is 0.0521. The molecule has 1 aromatic heterocycles. The van der Waals surface area contributed by atoms with Crippen molar-refractivity contribution in [3.63, 3.8) is 0 Å². The van der Waals surface area contributed by atoms with Crippen LogP contribution in [0.4, 0.5) is 5.69 Å². The Kier molecular flexibility index (Phi) is 3.96. The molecule has 5 nitrogen and oxygen atoms in total. The molecule has 1 heterocycles. The average Bonchev–Trinajstić information content (AvgIpc) is 2.48. The number of aromatic nitrogens is 2. The number of benzene rings is 1. The molecule has 0 aliphatic rings. The number of rotatable bonds is 3. The number of esters is 1. The first-order valence-electron chi connectivity index (χ1n) is 6.02. The Bertz CT molecular complexity index is 690. The highest BCUT2D eigenvalue weighted by molar-refractivity contribution is 5.93. The van der Waals surface area contributed by atoms with Crippen LogP contribution in [-0.4, -0.2) is 22.5 Å². The Morgan fingerprint density at radius 1 is 1.50 bits per heavy atom. The molecule has 2 aromatic rings. The summed E-state index contributed by atoms with van der Waals surface area (Å²) in [7, 11) is 0. The second kappa shape index (κ2) is 5.85. The van der Waals surface area contributed by atoms with Crippen molar-refractivity contribution in [1.29, 1.82) is 0 Å². The monoisotopic (exact) mass is 267 g/mol. The first-order chi connectivity index (χ1) is 9.65. The zero-order valence-electron chi connectivity index (χ0n) is 11.0. The van der Waals surface area contributed by atoms with E-state index in [4.69, 9.17) is 16.9 Å². The van der Waals surface area contributed by atoms with Crippen LogP contribution in [0.1, 0.15) is 23.0 Å². The molecule has 0 aliphatic carbocycles. The summed E-state index contributed by atoms with van der Waals surface area (Å²) in [4.78, 5) is 20.0. The lowest BCUT2D eigenvalue weighted by Gasteiger charge is -2.06. The van der Waals surface area contributed by atoms with E-state index in [1.165, 1.54) is 6.20 Å². The Balaban J connectivity index is 2.45. The molecule has 20 heavy (non-hydrogen) atoms. The maximum absolute atomic E-state index is 11.7. The van der Waals surface area contributed by atoms with E-state index in [0.717, 1.165) is 0 Å². The van der Waals surface area contributed by atoms with E-state index in [1.807, 2.05) is 0 Å². The largest absolute Gasteiger partial charge is 0.461 e. The van der Waals surface area contributed by atoms with Crippen LogP contribution in [0.2, 0.25) is 0 Å². The second-order valence-corrected chi connectivity index (χ2v) is 3.94. The highest BCUT2D eigenvalue weighted by atomic mass is 16.5. The van der Waals surface area contributed by atoms with Crippen LogP contribution < -0.4 is 5.73 Å². The predicted octanol–water partition coefficient (Wildman–Crippen LogP) is 1.88. The Morgan fingerprint density at radius 3 is 3.00 bits per heavy atom. The van der Waals surface area contributed by atoms with Gasteiger partial charge in [-0.2, -0.15) is 0 Å². The topological polar surface area (TPSA) is 78.1 Å². The third-order valence-corrected chi connectivity index (χ3v) is 2.57. The molecular formula is C15H13N3O2. The van der Waals surface area contributed by atoms with Crippen molar-refractivity contribution in [2.24, 2.45) is 0 Å². The van der Waals surface area contributed by atoms with Crippen molar-refractivity contribution in [3.8, 4) is 23.7 Å². The molecule has 100 valence electrons. The minimum absolute atomic E-state index is 0.0583. The first kappa shape index (κ1) is 13.6. The zero-order chi connectivity index (χ0) is 14.5. The molecule has 0 bridgehead atoms. The van der Waals surface area contributed by atoms with E-state index in [0.29, 0.717) is 17.0 Å². The highest BCUT2D eigenvalue weighted by Crippen LogP contribution is 2.19. The summed E-state index contributed by atoms with van der Waals surface area (Å²) < 4.78 is 4.90. The molecule has 1 aromatic carbocycles. The minimum atomic E-state index is -0.568. The van der Waals surface area contributed by atoms with Gasteiger partial charge in [-0.25, -0.2) is 14.8 Å². The average molecular weight is 267 g/mol.